The van der Waals surface area contributed by atoms with Crippen molar-refractivity contribution >= 4 is 51.7 Å². The third kappa shape index (κ3) is 4.68. The molecular weight excluding hydrogens is 454 g/mol. The lowest BCUT2D eigenvalue weighted by Gasteiger charge is -2.07. The van der Waals surface area contributed by atoms with Crippen LogP contribution in [-0.2, 0) is 11.3 Å². The van der Waals surface area contributed by atoms with Crippen LogP contribution in [0.3, 0.4) is 0 Å². The maximum absolute atomic E-state index is 12.4. The number of rotatable bonds is 8. The second-order valence-corrected chi connectivity index (χ2v) is 8.80. The van der Waals surface area contributed by atoms with Crippen LogP contribution in [0.4, 0.5) is 11.5 Å². The minimum Gasteiger partial charge on any atom is -0.462 e. The molecule has 32 heavy (non-hydrogen) atoms. The van der Waals surface area contributed by atoms with Crippen LogP contribution in [0.5, 0.6) is 0 Å². The molecule has 0 saturated heterocycles. The molecule has 0 aliphatic carbocycles. The number of nitro groups is 1. The standard InChI is InChI=1S/C19H17N7O4S2/c1-11-8-31-19(24-11)32-14-4-3-12(7-13(14)26(28)29)18(27)30-6-2-5-25-10-23-15-16(20)21-9-22-17(15)25/h3-4,7-10H,2,5-6H2,1H3,(H2,20,21,22). The molecule has 13 heteroatoms. The first kappa shape index (κ1) is 21.6. The molecule has 2 N–H and O–H groups in total. The number of hydrogen-bond donors (Lipinski definition) is 1. The first-order valence-corrected chi connectivity index (χ1v) is 11.1. The maximum atomic E-state index is 12.4. The Hall–Kier alpha value is -3.58. The quantitative estimate of drug-likeness (QED) is 0.175. The van der Waals surface area contributed by atoms with Gasteiger partial charge in [0.2, 0.25) is 0 Å². The smallest absolute Gasteiger partial charge is 0.338 e. The van der Waals surface area contributed by atoms with E-state index in [2.05, 4.69) is 19.9 Å². The van der Waals surface area contributed by atoms with Crippen molar-refractivity contribution in [1.82, 2.24) is 24.5 Å². The van der Waals surface area contributed by atoms with Crippen LogP contribution in [0.25, 0.3) is 11.2 Å². The number of carbonyl (C=O) groups is 1. The molecule has 0 saturated carbocycles. The van der Waals surface area contributed by atoms with Gasteiger partial charge in [0.25, 0.3) is 5.69 Å². The summed E-state index contributed by atoms with van der Waals surface area (Å²) in [7, 11) is 0. The minimum atomic E-state index is -0.628. The van der Waals surface area contributed by atoms with Crippen molar-refractivity contribution < 1.29 is 14.5 Å². The predicted octanol–water partition coefficient (Wildman–Crippen LogP) is 3.48. The van der Waals surface area contributed by atoms with Crippen molar-refractivity contribution in [2.24, 2.45) is 0 Å². The fourth-order valence-corrected chi connectivity index (χ4v) is 4.77. The number of hydrogen-bond acceptors (Lipinski definition) is 11. The van der Waals surface area contributed by atoms with Gasteiger partial charge >= 0.3 is 5.97 Å². The lowest BCUT2D eigenvalue weighted by atomic mass is 10.2. The lowest BCUT2D eigenvalue weighted by Crippen LogP contribution is -2.09. The second-order valence-electron chi connectivity index (χ2n) is 6.66. The number of nitro benzene ring substituents is 1. The molecule has 164 valence electrons. The number of nitrogen functional groups attached to an aromatic ring is 1. The first-order valence-electron chi connectivity index (χ1n) is 9.39. The van der Waals surface area contributed by atoms with Crippen molar-refractivity contribution in [1.29, 1.82) is 0 Å². The van der Waals surface area contributed by atoms with Gasteiger partial charge in [0, 0.05) is 23.7 Å². The third-order valence-electron chi connectivity index (χ3n) is 4.39. The van der Waals surface area contributed by atoms with Crippen molar-refractivity contribution in [3.8, 4) is 0 Å². The van der Waals surface area contributed by atoms with Crippen LogP contribution >= 0.6 is 23.1 Å². The van der Waals surface area contributed by atoms with E-state index in [1.165, 1.54) is 47.6 Å². The van der Waals surface area contributed by atoms with E-state index in [-0.39, 0.29) is 17.9 Å². The van der Waals surface area contributed by atoms with Gasteiger partial charge in [-0.1, -0.05) is 11.8 Å². The minimum absolute atomic E-state index is 0.116. The molecule has 0 unspecified atom stereocenters. The number of nitrogens with two attached hydrogens (primary N) is 1. The molecule has 0 aliphatic heterocycles. The van der Waals surface area contributed by atoms with Crippen LogP contribution in [0.1, 0.15) is 22.5 Å². The number of fused-ring (bicyclic) bond motifs is 1. The van der Waals surface area contributed by atoms with Gasteiger partial charge in [-0.05, 0) is 25.5 Å². The van der Waals surface area contributed by atoms with E-state index >= 15 is 0 Å². The number of thiazole rings is 1. The van der Waals surface area contributed by atoms with E-state index in [0.717, 1.165) is 5.69 Å². The zero-order chi connectivity index (χ0) is 22.7. The molecule has 0 spiro atoms. The Morgan fingerprint density at radius 3 is 2.94 bits per heavy atom. The Morgan fingerprint density at radius 1 is 1.34 bits per heavy atom. The van der Waals surface area contributed by atoms with Crippen LogP contribution in [0.15, 0.2) is 45.5 Å². The Kier molecular flexibility index (Phi) is 6.28. The summed E-state index contributed by atoms with van der Waals surface area (Å²) in [6.07, 6.45) is 3.46. The zero-order valence-corrected chi connectivity index (χ0v) is 18.4. The topological polar surface area (TPSA) is 152 Å². The molecule has 11 nitrogen and oxygen atoms in total. The van der Waals surface area contributed by atoms with Gasteiger partial charge in [-0.25, -0.2) is 24.7 Å². The van der Waals surface area contributed by atoms with E-state index in [9.17, 15) is 14.9 Å². The number of aryl methyl sites for hydroxylation is 2. The zero-order valence-electron chi connectivity index (χ0n) is 16.8. The molecule has 4 aromatic rings. The Labute approximate surface area is 189 Å². The monoisotopic (exact) mass is 471 g/mol. The number of anilines is 1. The fourth-order valence-electron chi connectivity index (χ4n) is 2.89. The highest BCUT2D eigenvalue weighted by molar-refractivity contribution is 8.01. The van der Waals surface area contributed by atoms with Crippen molar-refractivity contribution in [3.05, 3.63) is 57.6 Å². The van der Waals surface area contributed by atoms with Crippen molar-refractivity contribution in [2.75, 3.05) is 12.3 Å². The predicted molar refractivity (Wildman–Crippen MR) is 119 cm³/mol. The average Bonchev–Trinajstić information content (AvgIpc) is 3.38. The van der Waals surface area contributed by atoms with Gasteiger partial charge < -0.3 is 15.0 Å². The van der Waals surface area contributed by atoms with Gasteiger partial charge in [0.1, 0.15) is 11.8 Å². The van der Waals surface area contributed by atoms with E-state index in [0.29, 0.717) is 39.2 Å². The van der Waals surface area contributed by atoms with Gasteiger partial charge in [-0.2, -0.15) is 0 Å². The van der Waals surface area contributed by atoms with Crippen LogP contribution in [0.2, 0.25) is 0 Å². The first-order chi connectivity index (χ1) is 15.4. The molecular formula is C19H17N7O4S2. The number of carbonyl (C=O) groups excluding carboxylic acids is 1. The van der Waals surface area contributed by atoms with Gasteiger partial charge in [-0.3, -0.25) is 10.1 Å². The molecule has 0 aliphatic rings. The SMILES string of the molecule is Cc1csc(Sc2ccc(C(=O)OCCCn3cnc4c(N)ncnc43)cc2[N+](=O)[O-])n1. The summed E-state index contributed by atoms with van der Waals surface area (Å²) in [5, 5.41) is 13.4. The average molecular weight is 472 g/mol. The van der Waals surface area contributed by atoms with Crippen LogP contribution in [0, 0.1) is 17.0 Å². The second kappa shape index (κ2) is 9.28. The third-order valence-corrected chi connectivity index (χ3v) is 6.51. The van der Waals surface area contributed by atoms with Crippen molar-refractivity contribution in [3.63, 3.8) is 0 Å². The Bertz CT molecular complexity index is 1300. The number of ether oxygens (including phenoxy) is 1. The molecule has 3 aromatic heterocycles. The molecule has 1 aromatic carbocycles. The van der Waals surface area contributed by atoms with Crippen LogP contribution < -0.4 is 5.73 Å². The summed E-state index contributed by atoms with van der Waals surface area (Å²) in [4.78, 5) is 40.3. The summed E-state index contributed by atoms with van der Waals surface area (Å²) in [5.74, 6) is -0.329. The molecule has 0 fully saturated rings. The highest BCUT2D eigenvalue weighted by Gasteiger charge is 2.20. The van der Waals surface area contributed by atoms with Crippen LogP contribution in [-0.4, -0.2) is 42.0 Å². The maximum Gasteiger partial charge on any atom is 0.338 e. The van der Waals surface area contributed by atoms with Gasteiger partial charge in [-0.15, -0.1) is 11.3 Å². The number of aromatic nitrogens is 5. The largest absolute Gasteiger partial charge is 0.462 e. The number of imidazole rings is 1. The Balaban J connectivity index is 1.37. The molecule has 0 atom stereocenters. The summed E-state index contributed by atoms with van der Waals surface area (Å²) in [6, 6.07) is 4.28. The fraction of sp³-hybridized carbons (Fsp3) is 0.211. The number of nitrogens with zero attached hydrogens (tertiary/aromatic N) is 6. The van der Waals surface area contributed by atoms with Gasteiger partial charge in [0.15, 0.2) is 15.8 Å². The molecule has 0 bridgehead atoms. The van der Waals surface area contributed by atoms with E-state index < -0.39 is 10.9 Å². The summed E-state index contributed by atoms with van der Waals surface area (Å²) in [6.45, 7) is 2.48. The number of benzene rings is 1. The summed E-state index contributed by atoms with van der Waals surface area (Å²) in [5.41, 5.74) is 7.68. The number of esters is 1. The molecule has 0 radical (unpaired) electrons. The van der Waals surface area contributed by atoms with Crippen molar-refractivity contribution in [2.45, 2.75) is 29.1 Å². The normalized spacial score (nSPS) is 11.0. The Morgan fingerprint density at radius 2 is 2.19 bits per heavy atom. The highest BCUT2D eigenvalue weighted by atomic mass is 32.2. The van der Waals surface area contributed by atoms with E-state index in [4.69, 9.17) is 10.5 Å². The summed E-state index contributed by atoms with van der Waals surface area (Å²) >= 11 is 2.60. The molecule has 0 amide bonds. The summed E-state index contributed by atoms with van der Waals surface area (Å²) < 4.78 is 7.77. The highest BCUT2D eigenvalue weighted by Crippen LogP contribution is 2.36. The van der Waals surface area contributed by atoms with Gasteiger partial charge in [0.05, 0.1) is 28.3 Å². The molecule has 3 heterocycles. The lowest BCUT2D eigenvalue weighted by molar-refractivity contribution is -0.387. The molecule has 4 rings (SSSR count). The van der Waals surface area contributed by atoms with E-state index in [1.807, 2.05) is 12.3 Å². The van der Waals surface area contributed by atoms with E-state index in [1.54, 1.807) is 10.9 Å².